The van der Waals surface area contributed by atoms with Crippen molar-refractivity contribution in [2.24, 2.45) is 0 Å². The molecule has 1 aromatic rings. The van der Waals surface area contributed by atoms with Gasteiger partial charge in [-0.05, 0) is 24.8 Å². The smallest absolute Gasteiger partial charge is 0.242 e. The second-order valence-corrected chi connectivity index (χ2v) is 7.42. The molecule has 5 heteroatoms. The van der Waals surface area contributed by atoms with Crippen molar-refractivity contribution in [1.29, 1.82) is 0 Å². The first-order chi connectivity index (χ1) is 11.3. The van der Waals surface area contributed by atoms with Crippen LogP contribution in [0, 0.1) is 0 Å². The van der Waals surface area contributed by atoms with E-state index in [1.165, 1.54) is 6.42 Å². The highest BCUT2D eigenvalue weighted by molar-refractivity contribution is 7.99. The fraction of sp³-hybridized carbons (Fsp3) is 0.611. The van der Waals surface area contributed by atoms with Crippen LogP contribution in [0.1, 0.15) is 30.9 Å². The van der Waals surface area contributed by atoms with Crippen molar-refractivity contribution in [3.63, 3.8) is 0 Å². The summed E-state index contributed by atoms with van der Waals surface area (Å²) in [4.78, 5) is 15.2. The first-order valence-corrected chi connectivity index (χ1v) is 9.76. The number of benzene rings is 1. The number of carbonyl (C=O) groups is 1. The molecule has 2 aliphatic heterocycles. The van der Waals surface area contributed by atoms with Crippen LogP contribution in [0.5, 0.6) is 0 Å². The first-order valence-electron chi connectivity index (χ1n) is 8.60. The largest absolute Gasteiger partial charge is 0.376 e. The van der Waals surface area contributed by atoms with E-state index in [1.807, 2.05) is 30.0 Å². The summed E-state index contributed by atoms with van der Waals surface area (Å²) in [6.45, 7) is 3.39. The lowest BCUT2D eigenvalue weighted by atomic mass is 10.0. The maximum atomic E-state index is 12.9. The van der Waals surface area contributed by atoms with E-state index in [1.54, 1.807) is 0 Å². The molecule has 0 saturated carbocycles. The Morgan fingerprint density at radius 1 is 1.26 bits per heavy atom. The quantitative estimate of drug-likeness (QED) is 0.898. The monoisotopic (exact) mass is 334 g/mol. The van der Waals surface area contributed by atoms with Crippen molar-refractivity contribution in [3.8, 4) is 0 Å². The first kappa shape index (κ1) is 16.8. The van der Waals surface area contributed by atoms with Crippen molar-refractivity contribution in [3.05, 3.63) is 35.9 Å². The van der Waals surface area contributed by atoms with Gasteiger partial charge in [0.2, 0.25) is 5.91 Å². The Morgan fingerprint density at radius 3 is 2.74 bits per heavy atom. The number of ether oxygens (including phenoxy) is 1. The molecule has 2 atom stereocenters. The Kier molecular flexibility index (Phi) is 6.37. The molecule has 1 aromatic carbocycles. The molecular weight excluding hydrogens is 308 g/mol. The average Bonchev–Trinajstić information content (AvgIpc) is 2.63. The third-order valence-electron chi connectivity index (χ3n) is 4.55. The van der Waals surface area contributed by atoms with Crippen LogP contribution in [0.25, 0.3) is 0 Å². The molecule has 3 rings (SSSR count). The lowest BCUT2D eigenvalue weighted by molar-refractivity contribution is -0.127. The number of thioether (sulfide) groups is 1. The summed E-state index contributed by atoms with van der Waals surface area (Å²) in [6.07, 6.45) is 3.58. The number of hydrogen-bond acceptors (Lipinski definition) is 4. The van der Waals surface area contributed by atoms with Gasteiger partial charge in [0, 0.05) is 37.7 Å². The van der Waals surface area contributed by atoms with E-state index in [9.17, 15) is 4.79 Å². The number of amides is 1. The second kappa shape index (κ2) is 8.71. The highest BCUT2D eigenvalue weighted by Gasteiger charge is 2.29. The molecule has 4 nitrogen and oxygen atoms in total. The Hall–Kier alpha value is -1.04. The number of nitrogens with one attached hydrogen (secondary N) is 1. The molecule has 0 aromatic heterocycles. The SMILES string of the molecule is O=C(NC[C@H]1CCCCO1)[C@H](c1ccccc1)N1CCSCC1. The van der Waals surface area contributed by atoms with E-state index < -0.39 is 0 Å². The fourth-order valence-corrected chi connectivity index (χ4v) is 4.21. The molecule has 0 aliphatic carbocycles. The predicted octanol–water partition coefficient (Wildman–Crippen LogP) is 2.46. The minimum Gasteiger partial charge on any atom is -0.376 e. The van der Waals surface area contributed by atoms with Gasteiger partial charge in [-0.25, -0.2) is 0 Å². The van der Waals surface area contributed by atoms with Gasteiger partial charge in [-0.15, -0.1) is 0 Å². The van der Waals surface area contributed by atoms with Crippen LogP contribution in [0.4, 0.5) is 0 Å². The van der Waals surface area contributed by atoms with Crippen molar-refractivity contribution < 1.29 is 9.53 Å². The highest BCUT2D eigenvalue weighted by atomic mass is 32.2. The zero-order valence-corrected chi connectivity index (χ0v) is 14.4. The molecule has 2 heterocycles. The molecule has 1 N–H and O–H groups in total. The van der Waals surface area contributed by atoms with Crippen LogP contribution in [0.2, 0.25) is 0 Å². The summed E-state index contributed by atoms with van der Waals surface area (Å²) >= 11 is 1.97. The lowest BCUT2D eigenvalue weighted by Crippen LogP contribution is -2.46. The van der Waals surface area contributed by atoms with Crippen LogP contribution in [-0.2, 0) is 9.53 Å². The molecule has 1 amide bonds. The zero-order chi connectivity index (χ0) is 15.9. The Balaban J connectivity index is 1.65. The number of nitrogens with zero attached hydrogens (tertiary/aromatic N) is 1. The van der Waals surface area contributed by atoms with Crippen LogP contribution < -0.4 is 5.32 Å². The summed E-state index contributed by atoms with van der Waals surface area (Å²) in [5, 5.41) is 3.14. The Morgan fingerprint density at radius 2 is 2.04 bits per heavy atom. The van der Waals surface area contributed by atoms with Crippen molar-refractivity contribution in [1.82, 2.24) is 10.2 Å². The zero-order valence-electron chi connectivity index (χ0n) is 13.6. The van der Waals surface area contributed by atoms with Crippen molar-refractivity contribution >= 4 is 17.7 Å². The van der Waals surface area contributed by atoms with Gasteiger partial charge in [-0.3, -0.25) is 9.69 Å². The molecule has 0 spiro atoms. The van der Waals surface area contributed by atoms with E-state index in [-0.39, 0.29) is 18.1 Å². The highest BCUT2D eigenvalue weighted by Crippen LogP contribution is 2.24. The maximum absolute atomic E-state index is 12.9. The van der Waals surface area contributed by atoms with Gasteiger partial charge in [0.25, 0.3) is 0 Å². The lowest BCUT2D eigenvalue weighted by Gasteiger charge is -2.34. The van der Waals surface area contributed by atoms with Crippen molar-refractivity contribution in [2.75, 3.05) is 37.7 Å². The number of rotatable bonds is 5. The topological polar surface area (TPSA) is 41.6 Å². The molecule has 2 fully saturated rings. The van der Waals surface area contributed by atoms with Gasteiger partial charge in [-0.1, -0.05) is 30.3 Å². The number of carbonyl (C=O) groups excluding carboxylic acids is 1. The maximum Gasteiger partial charge on any atom is 0.242 e. The van der Waals surface area contributed by atoms with Crippen LogP contribution in [-0.4, -0.2) is 54.7 Å². The molecule has 0 bridgehead atoms. The summed E-state index contributed by atoms with van der Waals surface area (Å²) in [6, 6.07) is 9.96. The van der Waals surface area contributed by atoms with Crippen LogP contribution in [0.3, 0.4) is 0 Å². The standard InChI is InChI=1S/C18H26N2O2S/c21-18(19-14-16-8-4-5-11-22-16)17(15-6-2-1-3-7-15)20-9-12-23-13-10-20/h1-3,6-7,16-17H,4-5,8-14H2,(H,19,21)/t16-,17+/m1/s1. The van der Waals surface area contributed by atoms with E-state index in [0.717, 1.165) is 49.6 Å². The molecular formula is C18H26N2O2S. The Labute approximate surface area is 143 Å². The molecule has 23 heavy (non-hydrogen) atoms. The number of hydrogen-bond donors (Lipinski definition) is 1. The third-order valence-corrected chi connectivity index (χ3v) is 5.49. The van der Waals surface area contributed by atoms with Crippen LogP contribution in [0.15, 0.2) is 30.3 Å². The van der Waals surface area contributed by atoms with Gasteiger partial charge in [-0.2, -0.15) is 11.8 Å². The summed E-state index contributed by atoms with van der Waals surface area (Å²) < 4.78 is 5.73. The normalized spacial score (nSPS) is 24.1. The van der Waals surface area contributed by atoms with E-state index in [4.69, 9.17) is 4.74 Å². The summed E-state index contributed by atoms with van der Waals surface area (Å²) in [7, 11) is 0. The fourth-order valence-electron chi connectivity index (χ4n) is 3.28. The van der Waals surface area contributed by atoms with E-state index >= 15 is 0 Å². The second-order valence-electron chi connectivity index (χ2n) is 6.20. The minimum absolute atomic E-state index is 0.109. The average molecular weight is 334 g/mol. The van der Waals surface area contributed by atoms with Gasteiger partial charge in [0.1, 0.15) is 6.04 Å². The van der Waals surface area contributed by atoms with Gasteiger partial charge < -0.3 is 10.1 Å². The molecule has 0 unspecified atom stereocenters. The van der Waals surface area contributed by atoms with Gasteiger partial charge >= 0.3 is 0 Å². The van der Waals surface area contributed by atoms with E-state index in [0.29, 0.717) is 6.54 Å². The summed E-state index contributed by atoms with van der Waals surface area (Å²) in [5.74, 6) is 2.31. The Bertz CT molecular complexity index is 485. The van der Waals surface area contributed by atoms with Crippen molar-refractivity contribution in [2.45, 2.75) is 31.4 Å². The third kappa shape index (κ3) is 4.72. The minimum atomic E-state index is -0.180. The van der Waals surface area contributed by atoms with E-state index in [2.05, 4.69) is 22.3 Å². The van der Waals surface area contributed by atoms with Gasteiger partial charge in [0.15, 0.2) is 0 Å². The van der Waals surface area contributed by atoms with Gasteiger partial charge in [0.05, 0.1) is 6.10 Å². The molecule has 2 saturated heterocycles. The molecule has 126 valence electrons. The predicted molar refractivity (Wildman–Crippen MR) is 94.7 cm³/mol. The molecule has 0 radical (unpaired) electrons. The molecule has 2 aliphatic rings. The van der Waals surface area contributed by atoms with Crippen LogP contribution >= 0.6 is 11.8 Å². The summed E-state index contributed by atoms with van der Waals surface area (Å²) in [5.41, 5.74) is 1.08.